The van der Waals surface area contributed by atoms with Crippen LogP contribution in [0, 0.1) is 11.8 Å². The minimum atomic E-state index is 0.527. The lowest BCUT2D eigenvalue weighted by molar-refractivity contribution is 0.231. The summed E-state index contributed by atoms with van der Waals surface area (Å²) in [6.07, 6.45) is 5.55. The van der Waals surface area contributed by atoms with Gasteiger partial charge in [0, 0.05) is 10.7 Å². The first-order chi connectivity index (χ1) is 9.29. The molecule has 1 aliphatic carbocycles. The molecule has 0 saturated heterocycles. The molecule has 3 rings (SSSR count). The Morgan fingerprint density at radius 1 is 1.26 bits per heavy atom. The maximum absolute atomic E-state index is 3.59. The number of fused-ring (bicyclic) bond motifs is 1. The molecular formula is C17H23NS. The SMILES string of the molecule is CNC(c1csc2ccccc12)C1CCCC(C)C1. The second-order valence-corrected chi connectivity index (χ2v) is 6.90. The van der Waals surface area contributed by atoms with Crippen LogP contribution >= 0.6 is 11.3 Å². The number of hydrogen-bond acceptors (Lipinski definition) is 2. The van der Waals surface area contributed by atoms with E-state index in [1.165, 1.54) is 41.3 Å². The zero-order chi connectivity index (χ0) is 13.2. The Kier molecular flexibility index (Phi) is 3.90. The molecule has 1 heterocycles. The molecule has 1 fully saturated rings. The van der Waals surface area contributed by atoms with E-state index in [1.54, 1.807) is 0 Å². The highest BCUT2D eigenvalue weighted by atomic mass is 32.1. The Labute approximate surface area is 120 Å². The van der Waals surface area contributed by atoms with Crippen molar-refractivity contribution in [2.24, 2.45) is 11.8 Å². The first-order valence-corrected chi connectivity index (χ1v) is 8.31. The third kappa shape index (κ3) is 2.56. The van der Waals surface area contributed by atoms with E-state index in [0.29, 0.717) is 6.04 Å². The second kappa shape index (κ2) is 5.64. The number of hydrogen-bond donors (Lipinski definition) is 1. The molecule has 102 valence electrons. The van der Waals surface area contributed by atoms with Gasteiger partial charge < -0.3 is 5.32 Å². The van der Waals surface area contributed by atoms with Crippen molar-refractivity contribution in [1.29, 1.82) is 0 Å². The van der Waals surface area contributed by atoms with Gasteiger partial charge in [0.25, 0.3) is 0 Å². The van der Waals surface area contributed by atoms with Crippen molar-refractivity contribution in [2.75, 3.05) is 7.05 Å². The third-order valence-electron chi connectivity index (χ3n) is 4.61. The number of rotatable bonds is 3. The molecule has 0 radical (unpaired) electrons. The third-order valence-corrected chi connectivity index (χ3v) is 5.59. The summed E-state index contributed by atoms with van der Waals surface area (Å²) in [6.45, 7) is 2.41. The molecule has 1 aromatic heterocycles. The van der Waals surface area contributed by atoms with Crippen molar-refractivity contribution in [1.82, 2.24) is 5.32 Å². The summed E-state index contributed by atoms with van der Waals surface area (Å²) in [7, 11) is 2.12. The smallest absolute Gasteiger partial charge is 0.0360 e. The second-order valence-electron chi connectivity index (χ2n) is 5.99. The van der Waals surface area contributed by atoms with Gasteiger partial charge in [0.15, 0.2) is 0 Å². The van der Waals surface area contributed by atoms with E-state index < -0.39 is 0 Å². The van der Waals surface area contributed by atoms with E-state index in [1.807, 2.05) is 11.3 Å². The molecule has 1 nitrogen and oxygen atoms in total. The topological polar surface area (TPSA) is 12.0 Å². The van der Waals surface area contributed by atoms with Crippen molar-refractivity contribution in [3.8, 4) is 0 Å². The van der Waals surface area contributed by atoms with Crippen LogP contribution in [0.15, 0.2) is 29.6 Å². The molecule has 1 N–H and O–H groups in total. The van der Waals surface area contributed by atoms with Crippen LogP contribution in [0.5, 0.6) is 0 Å². The highest BCUT2D eigenvalue weighted by molar-refractivity contribution is 7.17. The summed E-state index contributed by atoms with van der Waals surface area (Å²) < 4.78 is 1.42. The summed E-state index contributed by atoms with van der Waals surface area (Å²) in [6, 6.07) is 9.34. The van der Waals surface area contributed by atoms with Crippen molar-refractivity contribution >= 4 is 21.4 Å². The molecule has 1 aromatic carbocycles. The lowest BCUT2D eigenvalue weighted by atomic mass is 9.77. The van der Waals surface area contributed by atoms with Crippen LogP contribution in [0.2, 0.25) is 0 Å². The van der Waals surface area contributed by atoms with Crippen LogP contribution in [0.1, 0.15) is 44.2 Å². The molecule has 0 bridgehead atoms. The monoisotopic (exact) mass is 273 g/mol. The van der Waals surface area contributed by atoms with Gasteiger partial charge in [-0.05, 0) is 54.1 Å². The average Bonchev–Trinajstić information content (AvgIpc) is 2.84. The van der Waals surface area contributed by atoms with Crippen LogP contribution in [-0.2, 0) is 0 Å². The maximum atomic E-state index is 3.59. The molecule has 1 aliphatic rings. The Bertz CT molecular complexity index is 545. The summed E-state index contributed by atoms with van der Waals surface area (Å²) in [4.78, 5) is 0. The van der Waals surface area contributed by atoms with E-state index in [2.05, 4.69) is 48.9 Å². The van der Waals surface area contributed by atoms with Gasteiger partial charge in [0.2, 0.25) is 0 Å². The predicted molar refractivity (Wildman–Crippen MR) is 84.7 cm³/mol. The number of nitrogens with one attached hydrogen (secondary N) is 1. The standard InChI is InChI=1S/C17H23NS/c1-12-6-5-7-13(10-12)17(18-2)15-11-19-16-9-4-3-8-14(15)16/h3-4,8-9,11-13,17-18H,5-7,10H2,1-2H3. The Hall–Kier alpha value is -0.860. The largest absolute Gasteiger partial charge is 0.313 e. The number of benzene rings is 1. The highest BCUT2D eigenvalue weighted by Gasteiger charge is 2.28. The fourth-order valence-corrected chi connectivity index (χ4v) is 4.67. The first-order valence-electron chi connectivity index (χ1n) is 7.43. The van der Waals surface area contributed by atoms with Gasteiger partial charge in [-0.1, -0.05) is 38.0 Å². The summed E-state index contributed by atoms with van der Waals surface area (Å²) in [5.74, 6) is 1.69. The molecule has 3 atom stereocenters. The van der Waals surface area contributed by atoms with Crippen LogP contribution in [-0.4, -0.2) is 7.05 Å². The average molecular weight is 273 g/mol. The zero-order valence-electron chi connectivity index (χ0n) is 11.9. The van der Waals surface area contributed by atoms with Crippen molar-refractivity contribution in [3.63, 3.8) is 0 Å². The van der Waals surface area contributed by atoms with Crippen LogP contribution < -0.4 is 5.32 Å². The van der Waals surface area contributed by atoms with Gasteiger partial charge in [-0.15, -0.1) is 11.3 Å². The van der Waals surface area contributed by atoms with Crippen LogP contribution in [0.4, 0.5) is 0 Å². The van der Waals surface area contributed by atoms with E-state index in [0.717, 1.165) is 11.8 Å². The molecule has 3 unspecified atom stereocenters. The van der Waals surface area contributed by atoms with Gasteiger partial charge in [-0.3, -0.25) is 0 Å². The minimum absolute atomic E-state index is 0.527. The molecule has 0 aliphatic heterocycles. The fraction of sp³-hybridized carbons (Fsp3) is 0.529. The van der Waals surface area contributed by atoms with Crippen LogP contribution in [0.25, 0.3) is 10.1 Å². The Balaban J connectivity index is 1.93. The molecule has 0 amide bonds. The molecule has 0 spiro atoms. The quantitative estimate of drug-likeness (QED) is 0.831. The highest BCUT2D eigenvalue weighted by Crippen LogP contribution is 2.40. The Morgan fingerprint density at radius 3 is 2.89 bits per heavy atom. The van der Waals surface area contributed by atoms with Gasteiger partial charge in [-0.2, -0.15) is 0 Å². The molecule has 19 heavy (non-hydrogen) atoms. The fourth-order valence-electron chi connectivity index (χ4n) is 3.67. The van der Waals surface area contributed by atoms with E-state index >= 15 is 0 Å². The summed E-state index contributed by atoms with van der Waals surface area (Å²) in [5, 5.41) is 7.41. The van der Waals surface area contributed by atoms with Gasteiger partial charge >= 0.3 is 0 Å². The zero-order valence-corrected chi connectivity index (χ0v) is 12.7. The first kappa shape index (κ1) is 13.1. The normalized spacial score (nSPS) is 25.6. The van der Waals surface area contributed by atoms with Crippen LogP contribution in [0.3, 0.4) is 0 Å². The van der Waals surface area contributed by atoms with Gasteiger partial charge in [0.05, 0.1) is 0 Å². The minimum Gasteiger partial charge on any atom is -0.313 e. The van der Waals surface area contributed by atoms with E-state index in [-0.39, 0.29) is 0 Å². The van der Waals surface area contributed by atoms with Crippen molar-refractivity contribution in [3.05, 3.63) is 35.2 Å². The predicted octanol–water partition coefficient (Wildman–Crippen LogP) is 4.99. The summed E-state index contributed by atoms with van der Waals surface area (Å²) in [5.41, 5.74) is 1.52. The van der Waals surface area contributed by atoms with Gasteiger partial charge in [0.1, 0.15) is 0 Å². The lowest BCUT2D eigenvalue weighted by Crippen LogP contribution is -2.28. The van der Waals surface area contributed by atoms with E-state index in [9.17, 15) is 0 Å². The number of thiophene rings is 1. The molecule has 2 heteroatoms. The van der Waals surface area contributed by atoms with E-state index in [4.69, 9.17) is 0 Å². The molecular weight excluding hydrogens is 250 g/mol. The van der Waals surface area contributed by atoms with Gasteiger partial charge in [-0.25, -0.2) is 0 Å². The molecule has 1 saturated carbocycles. The lowest BCUT2D eigenvalue weighted by Gasteiger charge is -2.33. The summed E-state index contributed by atoms with van der Waals surface area (Å²) >= 11 is 1.88. The Morgan fingerprint density at radius 2 is 2.11 bits per heavy atom. The van der Waals surface area contributed by atoms with Crippen molar-refractivity contribution < 1.29 is 0 Å². The maximum Gasteiger partial charge on any atom is 0.0360 e. The van der Waals surface area contributed by atoms with Crippen molar-refractivity contribution in [2.45, 2.75) is 38.6 Å². The molecule has 2 aromatic rings.